The van der Waals surface area contributed by atoms with Gasteiger partial charge in [0, 0.05) is 6.07 Å². The van der Waals surface area contributed by atoms with E-state index in [9.17, 15) is 10.1 Å². The fraction of sp³-hybridized carbons (Fsp3) is 0. The van der Waals surface area contributed by atoms with E-state index in [0.29, 0.717) is 14.9 Å². The smallest absolute Gasteiger partial charge is 0.258 e. The first kappa shape index (κ1) is 13.1. The van der Waals surface area contributed by atoms with Crippen molar-refractivity contribution in [3.8, 4) is 0 Å². The number of halogens is 2. The first-order valence-corrected chi connectivity index (χ1v) is 6.24. The summed E-state index contributed by atoms with van der Waals surface area (Å²) in [7, 11) is 0. The van der Waals surface area contributed by atoms with Gasteiger partial charge in [0.1, 0.15) is 5.03 Å². The summed E-state index contributed by atoms with van der Waals surface area (Å²) in [4.78, 5) is 18.5. The monoisotopic (exact) mass is 301 g/mol. The maximum absolute atomic E-state index is 10.9. The van der Waals surface area contributed by atoms with Gasteiger partial charge in [0.25, 0.3) is 5.69 Å². The second-order valence-electron chi connectivity index (χ2n) is 3.12. The normalized spacial score (nSPS) is 10.3. The summed E-state index contributed by atoms with van der Waals surface area (Å²) in [6.07, 6.45) is 1.36. The lowest BCUT2D eigenvalue weighted by atomic mass is 10.3. The van der Waals surface area contributed by atoms with E-state index in [1.165, 1.54) is 12.3 Å². The van der Waals surface area contributed by atoms with Crippen LogP contribution in [0.2, 0.25) is 10.3 Å². The van der Waals surface area contributed by atoms with E-state index in [-0.39, 0.29) is 11.0 Å². The molecule has 0 fully saturated rings. The molecule has 0 radical (unpaired) electrons. The van der Waals surface area contributed by atoms with Gasteiger partial charge in [0.2, 0.25) is 5.28 Å². The summed E-state index contributed by atoms with van der Waals surface area (Å²) in [5.74, 6) is 0. The van der Waals surface area contributed by atoms with Gasteiger partial charge in [-0.2, -0.15) is 0 Å². The van der Waals surface area contributed by atoms with Crippen LogP contribution in [0.25, 0.3) is 0 Å². The molecule has 1 aromatic heterocycles. The second kappa shape index (κ2) is 5.51. The Morgan fingerprint density at radius 1 is 1.28 bits per heavy atom. The standard InChI is InChI=1S/C10H5Cl2N3O2S/c11-6-5-13-10(12)14-9(6)18-8-4-2-1-3-7(8)15(16)17/h1-5H. The average molecular weight is 302 g/mol. The lowest BCUT2D eigenvalue weighted by Gasteiger charge is -2.03. The molecular weight excluding hydrogens is 297 g/mol. The molecule has 18 heavy (non-hydrogen) atoms. The number of para-hydroxylation sites is 1. The van der Waals surface area contributed by atoms with E-state index in [1.807, 2.05) is 0 Å². The topological polar surface area (TPSA) is 68.9 Å². The summed E-state index contributed by atoms with van der Waals surface area (Å²) in [5, 5.41) is 11.6. The predicted molar refractivity (Wildman–Crippen MR) is 69.3 cm³/mol. The van der Waals surface area contributed by atoms with Crippen molar-refractivity contribution >= 4 is 40.7 Å². The summed E-state index contributed by atoms with van der Waals surface area (Å²) < 4.78 is 0. The minimum atomic E-state index is -0.459. The van der Waals surface area contributed by atoms with E-state index < -0.39 is 4.92 Å². The molecule has 0 aliphatic heterocycles. The third kappa shape index (κ3) is 2.90. The number of nitrogens with zero attached hydrogens (tertiary/aromatic N) is 3. The molecule has 1 heterocycles. The molecule has 0 aliphatic carbocycles. The summed E-state index contributed by atoms with van der Waals surface area (Å²) in [6.45, 7) is 0. The molecule has 2 rings (SSSR count). The van der Waals surface area contributed by atoms with Gasteiger partial charge in [-0.3, -0.25) is 10.1 Å². The van der Waals surface area contributed by atoms with E-state index in [0.717, 1.165) is 11.8 Å². The lowest BCUT2D eigenvalue weighted by Crippen LogP contribution is -1.91. The molecule has 8 heteroatoms. The minimum Gasteiger partial charge on any atom is -0.258 e. The Labute approximate surface area is 116 Å². The quantitative estimate of drug-likeness (QED) is 0.373. The number of hydrogen-bond donors (Lipinski definition) is 0. The Hall–Kier alpha value is -1.37. The van der Waals surface area contributed by atoms with E-state index in [4.69, 9.17) is 23.2 Å². The van der Waals surface area contributed by atoms with Gasteiger partial charge in [-0.15, -0.1) is 0 Å². The van der Waals surface area contributed by atoms with Gasteiger partial charge in [0.05, 0.1) is 21.0 Å². The van der Waals surface area contributed by atoms with Crippen LogP contribution in [0.1, 0.15) is 0 Å². The van der Waals surface area contributed by atoms with Crippen molar-refractivity contribution in [1.29, 1.82) is 0 Å². The van der Waals surface area contributed by atoms with Gasteiger partial charge >= 0.3 is 0 Å². The molecule has 1 aromatic carbocycles. The predicted octanol–water partition coefficient (Wildman–Crippen LogP) is 3.84. The van der Waals surface area contributed by atoms with Gasteiger partial charge in [0.15, 0.2) is 0 Å². The zero-order chi connectivity index (χ0) is 13.1. The Kier molecular flexibility index (Phi) is 4.00. The van der Waals surface area contributed by atoms with Crippen LogP contribution in [0, 0.1) is 10.1 Å². The molecule has 0 bridgehead atoms. The van der Waals surface area contributed by atoms with Crippen molar-refractivity contribution in [2.24, 2.45) is 0 Å². The highest BCUT2D eigenvalue weighted by atomic mass is 35.5. The van der Waals surface area contributed by atoms with Gasteiger partial charge < -0.3 is 0 Å². The average Bonchev–Trinajstić information content (AvgIpc) is 2.34. The molecule has 5 nitrogen and oxygen atoms in total. The van der Waals surface area contributed by atoms with Crippen LogP contribution in [-0.2, 0) is 0 Å². The maximum Gasteiger partial charge on any atom is 0.283 e. The highest BCUT2D eigenvalue weighted by Crippen LogP contribution is 2.36. The lowest BCUT2D eigenvalue weighted by molar-refractivity contribution is -0.387. The Morgan fingerprint density at radius 2 is 2.00 bits per heavy atom. The third-order valence-corrected chi connectivity index (χ3v) is 3.59. The van der Waals surface area contributed by atoms with Crippen LogP contribution >= 0.6 is 35.0 Å². The first-order valence-electron chi connectivity index (χ1n) is 4.67. The molecule has 92 valence electrons. The molecule has 2 aromatic rings. The number of hydrogen-bond acceptors (Lipinski definition) is 5. The number of nitro groups is 1. The number of aromatic nitrogens is 2. The zero-order valence-corrected chi connectivity index (χ0v) is 11.0. The van der Waals surface area contributed by atoms with Crippen molar-refractivity contribution < 1.29 is 4.92 Å². The zero-order valence-electron chi connectivity index (χ0n) is 8.71. The van der Waals surface area contributed by atoms with Crippen LogP contribution in [0.4, 0.5) is 5.69 Å². The largest absolute Gasteiger partial charge is 0.283 e. The van der Waals surface area contributed by atoms with Crippen molar-refractivity contribution in [3.63, 3.8) is 0 Å². The van der Waals surface area contributed by atoms with E-state index in [2.05, 4.69) is 9.97 Å². The summed E-state index contributed by atoms with van der Waals surface area (Å²) >= 11 is 12.6. The summed E-state index contributed by atoms with van der Waals surface area (Å²) in [5.41, 5.74) is -0.00620. The van der Waals surface area contributed by atoms with E-state index >= 15 is 0 Å². The fourth-order valence-electron chi connectivity index (χ4n) is 1.20. The van der Waals surface area contributed by atoms with Crippen LogP contribution in [0.5, 0.6) is 0 Å². The first-order chi connectivity index (χ1) is 8.58. The van der Waals surface area contributed by atoms with Gasteiger partial charge in [-0.05, 0) is 17.7 Å². The minimum absolute atomic E-state index is 0.00620. The van der Waals surface area contributed by atoms with Crippen molar-refractivity contribution in [3.05, 3.63) is 50.9 Å². The van der Waals surface area contributed by atoms with Gasteiger partial charge in [-0.1, -0.05) is 35.5 Å². The molecular formula is C10H5Cl2N3O2S. The number of nitro benzene ring substituents is 1. The Bertz CT molecular complexity index is 609. The van der Waals surface area contributed by atoms with Gasteiger partial charge in [-0.25, -0.2) is 9.97 Å². The van der Waals surface area contributed by atoms with Crippen molar-refractivity contribution in [1.82, 2.24) is 9.97 Å². The van der Waals surface area contributed by atoms with E-state index in [1.54, 1.807) is 18.2 Å². The van der Waals surface area contributed by atoms with Crippen LogP contribution in [0.15, 0.2) is 40.4 Å². The Morgan fingerprint density at radius 3 is 2.72 bits per heavy atom. The van der Waals surface area contributed by atoms with Crippen molar-refractivity contribution in [2.75, 3.05) is 0 Å². The number of benzene rings is 1. The maximum atomic E-state index is 10.9. The molecule has 0 atom stereocenters. The number of rotatable bonds is 3. The van der Waals surface area contributed by atoms with Crippen LogP contribution in [0.3, 0.4) is 0 Å². The van der Waals surface area contributed by atoms with Crippen LogP contribution < -0.4 is 0 Å². The molecule has 0 unspecified atom stereocenters. The summed E-state index contributed by atoms with van der Waals surface area (Å²) in [6, 6.07) is 6.33. The SMILES string of the molecule is O=[N+]([O-])c1ccccc1Sc1nc(Cl)ncc1Cl. The van der Waals surface area contributed by atoms with Crippen molar-refractivity contribution in [2.45, 2.75) is 9.92 Å². The molecule has 0 amide bonds. The van der Waals surface area contributed by atoms with Crippen LogP contribution in [-0.4, -0.2) is 14.9 Å². The second-order valence-corrected chi connectivity index (χ2v) is 4.89. The third-order valence-electron chi connectivity index (χ3n) is 1.95. The molecule has 0 spiro atoms. The molecule has 0 saturated heterocycles. The Balaban J connectivity index is 2.40. The highest BCUT2D eigenvalue weighted by Gasteiger charge is 2.16. The highest BCUT2D eigenvalue weighted by molar-refractivity contribution is 7.99. The fourth-order valence-corrected chi connectivity index (χ4v) is 2.48. The molecule has 0 aliphatic rings. The molecule has 0 N–H and O–H groups in total. The molecule has 0 saturated carbocycles.